The van der Waals surface area contributed by atoms with E-state index in [4.69, 9.17) is 14.2 Å². The molecule has 0 aromatic heterocycles. The molecule has 2 heterocycles. The molecule has 346 valence electrons. The van der Waals surface area contributed by atoms with Gasteiger partial charge in [-0.1, -0.05) is 72.8 Å². The standard InChI is InChI=1S/C32H34BrN3O5.C17H24BrN3O3/c1-32(2,3)41-30(38)35-16-17-36(21(19-35)18-29(37)34-28-15-9-8-14-27(28)33)31(39)40-20-26-24-12-6-4-10-22(24)23-11-5-7-13-25(23)26;1-17(2,3)24-16(23)21-9-8-19-12(11-21)10-15(22)20-14-7-5-4-6-13(14)18/h4-15,21,26H,16-20H2,1-3H3,(H,34,37);4-7,12,19H,8-11H2,1-3H3,(H,20,22). The Kier molecular flexibility index (Phi) is 16.4. The molecule has 7 rings (SSSR count). The zero-order valence-electron chi connectivity index (χ0n) is 37.7. The first-order chi connectivity index (χ1) is 30.8. The molecule has 1 aliphatic carbocycles. The van der Waals surface area contributed by atoms with Crippen LogP contribution < -0.4 is 16.0 Å². The summed E-state index contributed by atoms with van der Waals surface area (Å²) in [4.78, 5) is 68.6. The van der Waals surface area contributed by atoms with E-state index in [9.17, 15) is 24.0 Å². The van der Waals surface area contributed by atoms with E-state index in [1.165, 1.54) is 0 Å². The molecule has 4 aromatic carbocycles. The summed E-state index contributed by atoms with van der Waals surface area (Å²) in [6.45, 7) is 13.5. The highest BCUT2D eigenvalue weighted by Crippen LogP contribution is 2.44. The van der Waals surface area contributed by atoms with E-state index >= 15 is 0 Å². The van der Waals surface area contributed by atoms with Gasteiger partial charge >= 0.3 is 18.3 Å². The van der Waals surface area contributed by atoms with Crippen LogP contribution in [-0.2, 0) is 23.8 Å². The maximum atomic E-state index is 13.5. The van der Waals surface area contributed by atoms with Crippen molar-refractivity contribution in [3.63, 3.8) is 0 Å². The van der Waals surface area contributed by atoms with Crippen molar-refractivity contribution < 1.29 is 38.2 Å². The summed E-state index contributed by atoms with van der Waals surface area (Å²) < 4.78 is 18.5. The van der Waals surface area contributed by atoms with Crippen molar-refractivity contribution in [3.05, 3.63) is 117 Å². The number of amides is 5. The summed E-state index contributed by atoms with van der Waals surface area (Å²) in [6, 6.07) is 30.4. The molecule has 2 fully saturated rings. The van der Waals surface area contributed by atoms with Gasteiger partial charge in [-0.3, -0.25) is 9.59 Å². The van der Waals surface area contributed by atoms with Gasteiger partial charge < -0.3 is 44.9 Å². The number of ether oxygens (including phenoxy) is 3. The molecule has 65 heavy (non-hydrogen) atoms. The Balaban J connectivity index is 0.000000248. The van der Waals surface area contributed by atoms with Gasteiger partial charge in [0.2, 0.25) is 11.8 Å². The molecule has 3 N–H and O–H groups in total. The van der Waals surface area contributed by atoms with E-state index in [1.807, 2.05) is 87.5 Å². The number of benzene rings is 4. The van der Waals surface area contributed by atoms with Crippen LogP contribution in [-0.4, -0.2) is 114 Å². The number of hydrogen-bond donors (Lipinski definition) is 3. The zero-order valence-corrected chi connectivity index (χ0v) is 40.9. The minimum Gasteiger partial charge on any atom is -0.448 e. The smallest absolute Gasteiger partial charge is 0.410 e. The lowest BCUT2D eigenvalue weighted by Crippen LogP contribution is -2.58. The van der Waals surface area contributed by atoms with E-state index < -0.39 is 29.4 Å². The van der Waals surface area contributed by atoms with Gasteiger partial charge in [0.05, 0.1) is 17.4 Å². The predicted octanol–water partition coefficient (Wildman–Crippen LogP) is 9.63. The predicted molar refractivity (Wildman–Crippen MR) is 258 cm³/mol. The lowest BCUT2D eigenvalue weighted by Gasteiger charge is -2.40. The van der Waals surface area contributed by atoms with Crippen LogP contribution in [0.2, 0.25) is 0 Å². The molecule has 0 bridgehead atoms. The van der Waals surface area contributed by atoms with Crippen molar-refractivity contribution in [3.8, 4) is 11.1 Å². The fraction of sp³-hybridized carbons (Fsp3) is 0.408. The van der Waals surface area contributed by atoms with Gasteiger partial charge in [0.15, 0.2) is 0 Å². The lowest BCUT2D eigenvalue weighted by molar-refractivity contribution is -0.118. The van der Waals surface area contributed by atoms with E-state index in [0.717, 1.165) is 36.9 Å². The summed E-state index contributed by atoms with van der Waals surface area (Å²) in [6.07, 6.45) is -1.03. The van der Waals surface area contributed by atoms with Crippen molar-refractivity contribution >= 4 is 73.3 Å². The van der Waals surface area contributed by atoms with Crippen LogP contribution in [0, 0.1) is 0 Å². The van der Waals surface area contributed by atoms with Crippen LogP contribution >= 0.6 is 31.9 Å². The number of anilines is 2. The Hall–Kier alpha value is -5.45. The first kappa shape index (κ1) is 49.0. The number of rotatable bonds is 8. The summed E-state index contributed by atoms with van der Waals surface area (Å²) in [5.74, 6) is -0.443. The fourth-order valence-electron chi connectivity index (χ4n) is 7.86. The second kappa shape index (κ2) is 21.7. The summed E-state index contributed by atoms with van der Waals surface area (Å²) in [5.41, 5.74) is 4.74. The molecule has 2 unspecified atom stereocenters. The molecule has 14 nitrogen and oxygen atoms in total. The average Bonchev–Trinajstić information content (AvgIpc) is 3.57. The fourth-order valence-corrected chi connectivity index (χ4v) is 8.63. The van der Waals surface area contributed by atoms with Crippen molar-refractivity contribution in [2.45, 2.75) is 83.6 Å². The van der Waals surface area contributed by atoms with E-state index in [1.54, 1.807) is 41.5 Å². The largest absolute Gasteiger partial charge is 0.448 e. The van der Waals surface area contributed by atoms with Gasteiger partial charge in [-0.25, -0.2) is 14.4 Å². The van der Waals surface area contributed by atoms with Gasteiger partial charge in [-0.15, -0.1) is 0 Å². The Labute approximate surface area is 398 Å². The molecule has 2 saturated heterocycles. The molecule has 5 amide bonds. The summed E-state index contributed by atoms with van der Waals surface area (Å²) in [5, 5.41) is 9.05. The molecule has 0 radical (unpaired) electrons. The van der Waals surface area contributed by atoms with Crippen molar-refractivity contribution in [2.24, 2.45) is 0 Å². The first-order valence-electron chi connectivity index (χ1n) is 21.7. The normalized spacial score (nSPS) is 17.1. The maximum Gasteiger partial charge on any atom is 0.410 e. The van der Waals surface area contributed by atoms with Gasteiger partial charge in [0.1, 0.15) is 17.8 Å². The number of halogens is 2. The Bertz CT molecular complexity index is 2300. The molecule has 2 aliphatic heterocycles. The van der Waals surface area contributed by atoms with Gasteiger partial charge in [0.25, 0.3) is 0 Å². The summed E-state index contributed by atoms with van der Waals surface area (Å²) >= 11 is 6.86. The number of carbonyl (C=O) groups excluding carboxylic acids is 5. The molecular formula is C49H58Br2N6O8. The monoisotopic (exact) mass is 1020 g/mol. The lowest BCUT2D eigenvalue weighted by atomic mass is 9.98. The third-order valence-corrected chi connectivity index (χ3v) is 12.1. The molecule has 0 spiro atoms. The highest BCUT2D eigenvalue weighted by atomic mass is 79.9. The Morgan fingerprint density at radius 2 is 1.09 bits per heavy atom. The third kappa shape index (κ3) is 13.8. The van der Waals surface area contributed by atoms with Crippen molar-refractivity contribution in [1.29, 1.82) is 0 Å². The highest BCUT2D eigenvalue weighted by molar-refractivity contribution is 9.11. The molecule has 16 heteroatoms. The van der Waals surface area contributed by atoms with Crippen LogP contribution in [0.25, 0.3) is 11.1 Å². The Morgan fingerprint density at radius 3 is 1.62 bits per heavy atom. The van der Waals surface area contributed by atoms with Crippen LogP contribution in [0.5, 0.6) is 0 Å². The number of piperazine rings is 2. The van der Waals surface area contributed by atoms with Gasteiger partial charge in [-0.05, 0) is 120 Å². The number of hydrogen-bond acceptors (Lipinski definition) is 9. The molecule has 2 atom stereocenters. The minimum atomic E-state index is -0.659. The third-order valence-electron chi connectivity index (χ3n) is 10.8. The number of carbonyl (C=O) groups is 5. The minimum absolute atomic E-state index is 0.00910. The number of para-hydroxylation sites is 2. The van der Waals surface area contributed by atoms with E-state index in [-0.39, 0.29) is 62.5 Å². The second-order valence-electron chi connectivity index (χ2n) is 18.1. The van der Waals surface area contributed by atoms with Gasteiger partial charge in [-0.2, -0.15) is 0 Å². The quantitative estimate of drug-likeness (QED) is 0.146. The summed E-state index contributed by atoms with van der Waals surface area (Å²) in [7, 11) is 0. The number of nitrogens with one attached hydrogen (secondary N) is 3. The second-order valence-corrected chi connectivity index (χ2v) is 19.8. The molecule has 3 aliphatic rings. The highest BCUT2D eigenvalue weighted by Gasteiger charge is 2.38. The van der Waals surface area contributed by atoms with Crippen LogP contribution in [0.1, 0.15) is 71.4 Å². The number of fused-ring (bicyclic) bond motifs is 3. The maximum absolute atomic E-state index is 13.5. The zero-order chi connectivity index (χ0) is 46.9. The van der Waals surface area contributed by atoms with Crippen molar-refractivity contribution in [2.75, 3.05) is 56.5 Å². The van der Waals surface area contributed by atoms with Crippen molar-refractivity contribution in [1.82, 2.24) is 20.0 Å². The van der Waals surface area contributed by atoms with Crippen LogP contribution in [0.4, 0.5) is 25.8 Å². The SMILES string of the molecule is CC(C)(C)OC(=O)N1CCN(C(=O)OCC2c3ccccc3-c3ccccc32)C(CC(=O)Nc2ccccc2Br)C1.CC(C)(C)OC(=O)N1CCNC(CC(=O)Nc2ccccc2Br)C1. The number of nitrogens with zero attached hydrogens (tertiary/aromatic N) is 3. The first-order valence-corrected chi connectivity index (χ1v) is 23.3. The van der Waals surface area contributed by atoms with E-state index in [2.05, 4.69) is 72.1 Å². The molecular weight excluding hydrogens is 960 g/mol. The Morgan fingerprint density at radius 1 is 0.615 bits per heavy atom. The van der Waals surface area contributed by atoms with E-state index in [0.29, 0.717) is 31.7 Å². The van der Waals surface area contributed by atoms with Crippen LogP contribution in [0.3, 0.4) is 0 Å². The molecule has 4 aromatic rings. The molecule has 0 saturated carbocycles. The van der Waals surface area contributed by atoms with Crippen LogP contribution in [0.15, 0.2) is 106 Å². The average molecular weight is 1020 g/mol. The topological polar surface area (TPSA) is 159 Å². The van der Waals surface area contributed by atoms with Gasteiger partial charge in [0, 0.05) is 73.0 Å².